The van der Waals surface area contributed by atoms with Crippen molar-refractivity contribution in [3.8, 4) is 5.75 Å². The molecule has 0 aliphatic carbocycles. The fourth-order valence-electron chi connectivity index (χ4n) is 1.86. The van der Waals surface area contributed by atoms with Gasteiger partial charge in [-0.15, -0.1) is 0 Å². The highest BCUT2D eigenvalue weighted by Gasteiger charge is 2.10. The van der Waals surface area contributed by atoms with Gasteiger partial charge in [0.2, 0.25) is 0 Å². The SMILES string of the molecule is O=C(NCc1ccccc1OCCO)c1ccc(Cl)c(F)c1. The Kier molecular flexibility index (Phi) is 5.75. The van der Waals surface area contributed by atoms with E-state index in [1.807, 2.05) is 6.07 Å². The Bertz CT molecular complexity index is 664. The molecular weight excluding hydrogens is 309 g/mol. The molecule has 116 valence electrons. The number of nitrogens with one attached hydrogen (secondary N) is 1. The normalized spacial score (nSPS) is 10.3. The van der Waals surface area contributed by atoms with Crippen molar-refractivity contribution >= 4 is 17.5 Å². The molecule has 2 N–H and O–H groups in total. The zero-order chi connectivity index (χ0) is 15.9. The van der Waals surface area contributed by atoms with Crippen LogP contribution in [0.5, 0.6) is 5.75 Å². The Hall–Kier alpha value is -2.11. The number of para-hydroxylation sites is 1. The topological polar surface area (TPSA) is 58.6 Å². The maximum atomic E-state index is 13.4. The summed E-state index contributed by atoms with van der Waals surface area (Å²) in [5.41, 5.74) is 0.953. The van der Waals surface area contributed by atoms with Gasteiger partial charge in [-0.05, 0) is 24.3 Å². The van der Waals surface area contributed by atoms with Crippen LogP contribution in [0.1, 0.15) is 15.9 Å². The largest absolute Gasteiger partial charge is 0.491 e. The van der Waals surface area contributed by atoms with Crippen molar-refractivity contribution in [1.82, 2.24) is 5.32 Å². The first kappa shape index (κ1) is 16.3. The molecular formula is C16H15ClFNO3. The van der Waals surface area contributed by atoms with Crippen LogP contribution in [-0.4, -0.2) is 24.2 Å². The minimum absolute atomic E-state index is 0.0284. The van der Waals surface area contributed by atoms with Crippen LogP contribution in [0.4, 0.5) is 4.39 Å². The Morgan fingerprint density at radius 3 is 2.77 bits per heavy atom. The summed E-state index contributed by atoms with van der Waals surface area (Å²) in [7, 11) is 0. The number of carbonyl (C=O) groups is 1. The standard InChI is InChI=1S/C16H15ClFNO3/c17-13-6-5-11(9-14(13)18)16(21)19-10-12-3-1-2-4-15(12)22-8-7-20/h1-6,9,20H,7-8,10H2,(H,19,21). The molecule has 0 aliphatic heterocycles. The van der Waals surface area contributed by atoms with Crippen LogP contribution in [-0.2, 0) is 6.54 Å². The van der Waals surface area contributed by atoms with E-state index in [9.17, 15) is 9.18 Å². The third-order valence-corrected chi connectivity index (χ3v) is 3.25. The summed E-state index contributed by atoms with van der Waals surface area (Å²) in [6, 6.07) is 11.0. The second kappa shape index (κ2) is 7.77. The lowest BCUT2D eigenvalue weighted by Crippen LogP contribution is -2.23. The van der Waals surface area contributed by atoms with E-state index >= 15 is 0 Å². The molecule has 0 fully saturated rings. The van der Waals surface area contributed by atoms with Gasteiger partial charge >= 0.3 is 0 Å². The molecule has 0 spiro atoms. The second-order valence-electron chi connectivity index (χ2n) is 4.49. The fraction of sp³-hybridized carbons (Fsp3) is 0.188. The summed E-state index contributed by atoms with van der Waals surface area (Å²) in [5, 5.41) is 11.5. The molecule has 22 heavy (non-hydrogen) atoms. The number of hydrogen-bond donors (Lipinski definition) is 2. The van der Waals surface area contributed by atoms with Gasteiger partial charge in [-0.25, -0.2) is 4.39 Å². The summed E-state index contributed by atoms with van der Waals surface area (Å²) in [4.78, 5) is 12.0. The van der Waals surface area contributed by atoms with E-state index in [0.717, 1.165) is 11.6 Å². The van der Waals surface area contributed by atoms with E-state index in [1.165, 1.54) is 12.1 Å². The molecule has 0 radical (unpaired) electrons. The molecule has 0 atom stereocenters. The van der Waals surface area contributed by atoms with Gasteiger partial charge in [0.1, 0.15) is 18.2 Å². The highest BCUT2D eigenvalue weighted by Crippen LogP contribution is 2.18. The Morgan fingerprint density at radius 1 is 1.27 bits per heavy atom. The van der Waals surface area contributed by atoms with Crippen LogP contribution in [0, 0.1) is 5.82 Å². The van der Waals surface area contributed by atoms with E-state index in [4.69, 9.17) is 21.4 Å². The van der Waals surface area contributed by atoms with Crippen LogP contribution in [0.25, 0.3) is 0 Å². The van der Waals surface area contributed by atoms with E-state index in [1.54, 1.807) is 18.2 Å². The third kappa shape index (κ3) is 4.19. The Labute approximate surface area is 132 Å². The summed E-state index contributed by atoms with van der Waals surface area (Å²) >= 11 is 5.58. The van der Waals surface area contributed by atoms with Crippen molar-refractivity contribution in [2.24, 2.45) is 0 Å². The molecule has 6 heteroatoms. The Balaban J connectivity index is 2.03. The minimum atomic E-state index is -0.638. The molecule has 0 aliphatic rings. The predicted octanol–water partition coefficient (Wildman–Crippen LogP) is 2.78. The van der Waals surface area contributed by atoms with Crippen molar-refractivity contribution < 1.29 is 19.0 Å². The number of rotatable bonds is 6. The monoisotopic (exact) mass is 323 g/mol. The minimum Gasteiger partial charge on any atom is -0.491 e. The first-order valence-electron chi connectivity index (χ1n) is 6.66. The maximum absolute atomic E-state index is 13.4. The zero-order valence-electron chi connectivity index (χ0n) is 11.7. The summed E-state index contributed by atoms with van der Waals surface area (Å²) in [5.74, 6) is -0.465. The molecule has 0 unspecified atom stereocenters. The van der Waals surface area contributed by atoms with Gasteiger partial charge in [0, 0.05) is 17.7 Å². The number of aliphatic hydroxyl groups excluding tert-OH is 1. The third-order valence-electron chi connectivity index (χ3n) is 2.94. The molecule has 0 saturated heterocycles. The van der Waals surface area contributed by atoms with Crippen molar-refractivity contribution in [3.63, 3.8) is 0 Å². The van der Waals surface area contributed by atoms with Crippen LogP contribution in [0.15, 0.2) is 42.5 Å². The molecule has 2 aromatic carbocycles. The summed E-state index contributed by atoms with van der Waals surface area (Å²) in [6.45, 7) is 0.308. The average molecular weight is 324 g/mol. The van der Waals surface area contributed by atoms with Gasteiger partial charge in [-0.1, -0.05) is 29.8 Å². The van der Waals surface area contributed by atoms with Crippen molar-refractivity contribution in [2.75, 3.05) is 13.2 Å². The highest BCUT2D eigenvalue weighted by molar-refractivity contribution is 6.30. The van der Waals surface area contributed by atoms with Crippen molar-refractivity contribution in [2.45, 2.75) is 6.54 Å². The van der Waals surface area contributed by atoms with E-state index < -0.39 is 11.7 Å². The number of hydrogen-bond acceptors (Lipinski definition) is 3. The number of ether oxygens (including phenoxy) is 1. The fourth-order valence-corrected chi connectivity index (χ4v) is 1.98. The van der Waals surface area contributed by atoms with Crippen LogP contribution >= 0.6 is 11.6 Å². The zero-order valence-corrected chi connectivity index (χ0v) is 12.4. The summed E-state index contributed by atoms with van der Waals surface area (Å²) < 4.78 is 18.7. The number of amides is 1. The molecule has 4 nitrogen and oxygen atoms in total. The van der Waals surface area contributed by atoms with Crippen molar-refractivity contribution in [1.29, 1.82) is 0 Å². The lowest BCUT2D eigenvalue weighted by molar-refractivity contribution is 0.0950. The number of benzene rings is 2. The smallest absolute Gasteiger partial charge is 0.251 e. The number of halogens is 2. The Morgan fingerprint density at radius 2 is 2.05 bits per heavy atom. The van der Waals surface area contributed by atoms with E-state index in [0.29, 0.717) is 5.75 Å². The van der Waals surface area contributed by atoms with E-state index in [2.05, 4.69) is 5.32 Å². The van der Waals surface area contributed by atoms with Gasteiger partial charge in [0.15, 0.2) is 0 Å². The first-order valence-corrected chi connectivity index (χ1v) is 7.04. The average Bonchev–Trinajstić information content (AvgIpc) is 2.54. The van der Waals surface area contributed by atoms with Crippen molar-refractivity contribution in [3.05, 3.63) is 64.4 Å². The lowest BCUT2D eigenvalue weighted by atomic mass is 10.1. The lowest BCUT2D eigenvalue weighted by Gasteiger charge is -2.11. The quantitative estimate of drug-likeness (QED) is 0.859. The molecule has 2 aromatic rings. The van der Waals surface area contributed by atoms with Crippen LogP contribution in [0.2, 0.25) is 5.02 Å². The molecule has 0 saturated carbocycles. The van der Waals surface area contributed by atoms with Crippen LogP contribution in [0.3, 0.4) is 0 Å². The molecule has 2 rings (SSSR count). The molecule has 0 heterocycles. The molecule has 0 aromatic heterocycles. The first-order chi connectivity index (χ1) is 10.6. The van der Waals surface area contributed by atoms with Gasteiger partial charge in [0.05, 0.1) is 11.6 Å². The van der Waals surface area contributed by atoms with E-state index in [-0.39, 0.29) is 30.3 Å². The predicted molar refractivity (Wildman–Crippen MR) is 81.6 cm³/mol. The second-order valence-corrected chi connectivity index (χ2v) is 4.90. The van der Waals surface area contributed by atoms with Gasteiger partial charge in [0.25, 0.3) is 5.91 Å². The molecule has 0 bridgehead atoms. The highest BCUT2D eigenvalue weighted by atomic mass is 35.5. The number of carbonyl (C=O) groups excluding carboxylic acids is 1. The number of aliphatic hydroxyl groups is 1. The molecule has 1 amide bonds. The summed E-state index contributed by atoms with van der Waals surface area (Å²) in [6.07, 6.45) is 0. The van der Waals surface area contributed by atoms with Gasteiger partial charge in [-0.3, -0.25) is 4.79 Å². The van der Waals surface area contributed by atoms with Gasteiger partial charge < -0.3 is 15.2 Å². The maximum Gasteiger partial charge on any atom is 0.251 e. The van der Waals surface area contributed by atoms with Crippen LogP contribution < -0.4 is 10.1 Å². The van der Waals surface area contributed by atoms with Gasteiger partial charge in [-0.2, -0.15) is 0 Å².